The number of nitrogens with one attached hydrogen (secondary N) is 1. The van der Waals surface area contributed by atoms with Gasteiger partial charge < -0.3 is 4.98 Å². The van der Waals surface area contributed by atoms with Crippen LogP contribution in [0.2, 0.25) is 0 Å². The SMILES string of the molecule is O=c1cc(C(F)F)[nH]c(Br)c1CCl. The van der Waals surface area contributed by atoms with E-state index < -0.39 is 17.5 Å². The molecule has 0 bridgehead atoms. The third-order valence-corrected chi connectivity index (χ3v) is 2.42. The minimum Gasteiger partial charge on any atom is -0.348 e. The Balaban J connectivity index is 3.29. The average molecular weight is 272 g/mol. The summed E-state index contributed by atoms with van der Waals surface area (Å²) in [5.74, 6) is -0.0144. The normalized spacial score (nSPS) is 10.8. The van der Waals surface area contributed by atoms with Crippen LogP contribution in [-0.2, 0) is 5.88 Å². The van der Waals surface area contributed by atoms with Gasteiger partial charge in [0, 0.05) is 11.6 Å². The lowest BCUT2D eigenvalue weighted by Gasteiger charge is -2.03. The van der Waals surface area contributed by atoms with E-state index in [0.29, 0.717) is 0 Å². The van der Waals surface area contributed by atoms with Crippen molar-refractivity contribution in [2.45, 2.75) is 12.3 Å². The lowest BCUT2D eigenvalue weighted by atomic mass is 10.2. The summed E-state index contributed by atoms with van der Waals surface area (Å²) in [5, 5.41) is 0. The third-order valence-electron chi connectivity index (χ3n) is 1.47. The molecule has 72 valence electrons. The van der Waals surface area contributed by atoms with Gasteiger partial charge in [0.15, 0.2) is 5.43 Å². The summed E-state index contributed by atoms with van der Waals surface area (Å²) in [5.41, 5.74) is -0.646. The Kier molecular flexibility index (Phi) is 3.44. The number of hydrogen-bond acceptors (Lipinski definition) is 1. The number of halogens is 4. The Labute approximate surface area is 86.0 Å². The summed E-state index contributed by atoms with van der Waals surface area (Å²) in [7, 11) is 0. The maximum absolute atomic E-state index is 12.1. The Hall–Kier alpha value is -0.420. The maximum Gasteiger partial charge on any atom is 0.278 e. The van der Waals surface area contributed by atoms with Gasteiger partial charge in [-0.15, -0.1) is 11.6 Å². The van der Waals surface area contributed by atoms with Crippen molar-refractivity contribution in [1.29, 1.82) is 0 Å². The average Bonchev–Trinajstić information content (AvgIpc) is 2.03. The van der Waals surface area contributed by atoms with Crippen LogP contribution in [0.25, 0.3) is 0 Å². The molecule has 0 aliphatic carbocycles. The lowest BCUT2D eigenvalue weighted by Crippen LogP contribution is -2.10. The second-order valence-electron chi connectivity index (χ2n) is 2.32. The standard InChI is InChI=1S/C7H5BrClF2NO/c8-6-3(2-9)5(13)1-4(12-6)7(10)11/h1,7H,2H2,(H,12,13). The van der Waals surface area contributed by atoms with E-state index in [2.05, 4.69) is 20.9 Å². The predicted molar refractivity (Wildman–Crippen MR) is 49.3 cm³/mol. The molecule has 1 rings (SSSR count). The van der Waals surface area contributed by atoms with Gasteiger partial charge in [0.05, 0.1) is 16.2 Å². The molecule has 1 N–H and O–H groups in total. The molecule has 0 spiro atoms. The molecule has 0 aromatic carbocycles. The zero-order valence-electron chi connectivity index (χ0n) is 6.28. The highest BCUT2D eigenvalue weighted by atomic mass is 79.9. The van der Waals surface area contributed by atoms with Crippen LogP contribution in [0.1, 0.15) is 17.7 Å². The van der Waals surface area contributed by atoms with E-state index in [4.69, 9.17) is 11.6 Å². The zero-order chi connectivity index (χ0) is 10.0. The molecule has 0 unspecified atom stereocenters. The first-order valence-electron chi connectivity index (χ1n) is 3.32. The number of H-pyrrole nitrogens is 1. The zero-order valence-corrected chi connectivity index (χ0v) is 8.62. The summed E-state index contributed by atoms with van der Waals surface area (Å²) in [6.07, 6.45) is -2.69. The molecule has 0 aliphatic heterocycles. The minimum atomic E-state index is -2.69. The van der Waals surface area contributed by atoms with Crippen molar-refractivity contribution in [2.24, 2.45) is 0 Å². The Bertz CT molecular complexity index is 366. The number of aromatic nitrogens is 1. The molecule has 1 aromatic heterocycles. The topological polar surface area (TPSA) is 32.9 Å². The molecular formula is C7H5BrClF2NO. The molecule has 0 saturated carbocycles. The van der Waals surface area contributed by atoms with Crippen LogP contribution in [0.5, 0.6) is 0 Å². The highest BCUT2D eigenvalue weighted by molar-refractivity contribution is 9.10. The van der Waals surface area contributed by atoms with Crippen LogP contribution in [0, 0.1) is 0 Å². The Morgan fingerprint density at radius 1 is 1.62 bits per heavy atom. The van der Waals surface area contributed by atoms with Gasteiger partial charge in [0.2, 0.25) is 0 Å². The van der Waals surface area contributed by atoms with E-state index >= 15 is 0 Å². The first kappa shape index (κ1) is 10.7. The first-order valence-corrected chi connectivity index (χ1v) is 4.64. The van der Waals surface area contributed by atoms with Crippen molar-refractivity contribution in [3.8, 4) is 0 Å². The van der Waals surface area contributed by atoms with Crippen molar-refractivity contribution in [2.75, 3.05) is 0 Å². The van der Waals surface area contributed by atoms with Crippen LogP contribution >= 0.6 is 27.5 Å². The highest BCUT2D eigenvalue weighted by Crippen LogP contribution is 2.19. The third kappa shape index (κ3) is 2.28. The number of hydrogen-bond donors (Lipinski definition) is 1. The molecule has 0 aliphatic rings. The van der Waals surface area contributed by atoms with Gasteiger partial charge in [-0.1, -0.05) is 0 Å². The second-order valence-corrected chi connectivity index (χ2v) is 3.38. The largest absolute Gasteiger partial charge is 0.348 e. The maximum atomic E-state index is 12.1. The molecule has 13 heavy (non-hydrogen) atoms. The van der Waals surface area contributed by atoms with Crippen molar-refractivity contribution < 1.29 is 8.78 Å². The summed E-state index contributed by atoms with van der Waals surface area (Å²) in [4.78, 5) is 13.5. The van der Waals surface area contributed by atoms with E-state index in [1.165, 1.54) is 0 Å². The van der Waals surface area contributed by atoms with E-state index in [1.54, 1.807) is 0 Å². The summed E-state index contributed by atoms with van der Waals surface area (Å²) in [6, 6.07) is 0.854. The Morgan fingerprint density at radius 2 is 2.23 bits per heavy atom. The van der Waals surface area contributed by atoms with Crippen LogP contribution < -0.4 is 5.43 Å². The fraction of sp³-hybridized carbons (Fsp3) is 0.286. The molecule has 0 atom stereocenters. The van der Waals surface area contributed by atoms with E-state index in [-0.39, 0.29) is 16.0 Å². The van der Waals surface area contributed by atoms with Crippen LogP contribution in [-0.4, -0.2) is 4.98 Å². The highest BCUT2D eigenvalue weighted by Gasteiger charge is 2.12. The van der Waals surface area contributed by atoms with Crippen molar-refractivity contribution in [1.82, 2.24) is 4.98 Å². The predicted octanol–water partition coefficient (Wildman–Crippen LogP) is 2.81. The van der Waals surface area contributed by atoms with Crippen molar-refractivity contribution in [3.63, 3.8) is 0 Å². The van der Waals surface area contributed by atoms with E-state index in [1.807, 2.05) is 0 Å². The fourth-order valence-corrected chi connectivity index (χ4v) is 1.81. The lowest BCUT2D eigenvalue weighted by molar-refractivity contribution is 0.145. The molecule has 1 heterocycles. The molecule has 1 aromatic rings. The summed E-state index contributed by atoms with van der Waals surface area (Å²) in [6.45, 7) is 0. The second kappa shape index (κ2) is 4.19. The van der Waals surface area contributed by atoms with Gasteiger partial charge in [-0.25, -0.2) is 8.78 Å². The Morgan fingerprint density at radius 3 is 2.62 bits per heavy atom. The van der Waals surface area contributed by atoms with E-state index in [0.717, 1.165) is 6.07 Å². The van der Waals surface area contributed by atoms with Crippen molar-refractivity contribution in [3.05, 3.63) is 32.2 Å². The number of alkyl halides is 3. The number of rotatable bonds is 2. The number of aromatic amines is 1. The van der Waals surface area contributed by atoms with Crippen LogP contribution in [0.3, 0.4) is 0 Å². The molecule has 0 fully saturated rings. The summed E-state index contributed by atoms with van der Waals surface area (Å²) < 4.78 is 24.5. The minimum absolute atomic E-state index is 0.0144. The van der Waals surface area contributed by atoms with Gasteiger partial charge in [0.25, 0.3) is 6.43 Å². The molecule has 6 heteroatoms. The molecule has 0 amide bonds. The van der Waals surface area contributed by atoms with Gasteiger partial charge in [-0.05, 0) is 15.9 Å². The number of pyridine rings is 1. The van der Waals surface area contributed by atoms with Gasteiger partial charge >= 0.3 is 0 Å². The van der Waals surface area contributed by atoms with Gasteiger partial charge in [0.1, 0.15) is 0 Å². The molecule has 2 nitrogen and oxygen atoms in total. The first-order chi connectivity index (χ1) is 6.06. The fourth-order valence-electron chi connectivity index (χ4n) is 0.817. The quantitative estimate of drug-likeness (QED) is 0.652. The van der Waals surface area contributed by atoms with Gasteiger partial charge in [-0.2, -0.15) is 0 Å². The van der Waals surface area contributed by atoms with Gasteiger partial charge in [-0.3, -0.25) is 4.79 Å². The monoisotopic (exact) mass is 271 g/mol. The molecule has 0 radical (unpaired) electrons. The van der Waals surface area contributed by atoms with E-state index in [9.17, 15) is 13.6 Å². The van der Waals surface area contributed by atoms with Crippen LogP contribution in [0.4, 0.5) is 8.78 Å². The molecular weight excluding hydrogens is 267 g/mol. The van der Waals surface area contributed by atoms with Crippen molar-refractivity contribution >= 4 is 27.5 Å². The molecule has 0 saturated heterocycles. The smallest absolute Gasteiger partial charge is 0.278 e. The summed E-state index contributed by atoms with van der Waals surface area (Å²) >= 11 is 8.38. The van der Waals surface area contributed by atoms with Crippen LogP contribution in [0.15, 0.2) is 15.5 Å².